The number of rotatable bonds is 6. The zero-order chi connectivity index (χ0) is 15.2. The van der Waals surface area contributed by atoms with Crippen molar-refractivity contribution in [2.45, 2.75) is 45.3 Å². The quantitative estimate of drug-likeness (QED) is 0.767. The Bertz CT molecular complexity index is 338. The van der Waals surface area contributed by atoms with E-state index in [9.17, 15) is 9.59 Å². The average Bonchev–Trinajstić information content (AvgIpc) is 2.38. The fourth-order valence-corrected chi connectivity index (χ4v) is 1.95. The summed E-state index contributed by atoms with van der Waals surface area (Å²) in [5.74, 6) is -0.921. The molecule has 1 amide bonds. The van der Waals surface area contributed by atoms with Crippen LogP contribution in [0, 0.1) is 5.92 Å². The van der Waals surface area contributed by atoms with Crippen LogP contribution in [0.5, 0.6) is 0 Å². The number of carbonyl (C=O) groups is 2. The molecule has 0 aromatic rings. The molecule has 1 fully saturated rings. The van der Waals surface area contributed by atoms with Gasteiger partial charge in [-0.1, -0.05) is 20.8 Å². The average molecular weight is 289 g/mol. The lowest BCUT2D eigenvalue weighted by Crippen LogP contribution is -2.51. The first-order valence-corrected chi connectivity index (χ1v) is 6.76. The highest BCUT2D eigenvalue weighted by molar-refractivity contribution is 5.80. The first kappa shape index (κ1) is 16.7. The normalized spacial score (nSPS) is 19.4. The molecule has 1 rings (SSSR count). The summed E-state index contributed by atoms with van der Waals surface area (Å²) < 4.78 is 15.6. The van der Waals surface area contributed by atoms with Crippen molar-refractivity contribution >= 4 is 12.1 Å². The van der Waals surface area contributed by atoms with Crippen LogP contribution in [0.1, 0.15) is 33.6 Å². The van der Waals surface area contributed by atoms with Crippen LogP contribution in [-0.4, -0.2) is 48.8 Å². The van der Waals surface area contributed by atoms with E-state index in [0.717, 1.165) is 0 Å². The molecule has 0 spiro atoms. The minimum absolute atomic E-state index is 0.151. The second kappa shape index (κ2) is 7.44. The van der Waals surface area contributed by atoms with Crippen LogP contribution in [-0.2, 0) is 19.0 Å². The highest BCUT2D eigenvalue weighted by Gasteiger charge is 2.37. The monoisotopic (exact) mass is 289 g/mol. The summed E-state index contributed by atoms with van der Waals surface area (Å²) in [5, 5.41) is 11.5. The van der Waals surface area contributed by atoms with Gasteiger partial charge < -0.3 is 24.6 Å². The lowest BCUT2D eigenvalue weighted by Gasteiger charge is -2.35. The van der Waals surface area contributed by atoms with E-state index >= 15 is 0 Å². The molecule has 20 heavy (non-hydrogen) atoms. The lowest BCUT2D eigenvalue weighted by molar-refractivity contribution is -0.200. The molecule has 7 heteroatoms. The summed E-state index contributed by atoms with van der Waals surface area (Å²) in [5.41, 5.74) is -0.844. The van der Waals surface area contributed by atoms with Gasteiger partial charge in [0.05, 0.1) is 13.2 Å². The molecule has 0 saturated carbocycles. The van der Waals surface area contributed by atoms with E-state index in [0.29, 0.717) is 12.8 Å². The van der Waals surface area contributed by atoms with Crippen LogP contribution in [0.4, 0.5) is 4.79 Å². The van der Waals surface area contributed by atoms with E-state index in [1.165, 1.54) is 0 Å². The second-order valence-corrected chi connectivity index (χ2v) is 5.41. The smallest absolute Gasteiger partial charge is 0.408 e. The second-order valence-electron chi connectivity index (χ2n) is 5.41. The molecule has 0 aromatic carbocycles. The number of nitrogens with one attached hydrogen (secondary N) is 1. The molecule has 1 saturated heterocycles. The number of aliphatic carboxylic acids is 1. The van der Waals surface area contributed by atoms with E-state index in [1.807, 2.05) is 20.8 Å². The van der Waals surface area contributed by atoms with Gasteiger partial charge in [0.1, 0.15) is 12.8 Å². The molecule has 0 bridgehead atoms. The van der Waals surface area contributed by atoms with Crippen molar-refractivity contribution in [3.63, 3.8) is 0 Å². The van der Waals surface area contributed by atoms with Gasteiger partial charge in [-0.25, -0.2) is 9.59 Å². The van der Waals surface area contributed by atoms with Crippen molar-refractivity contribution in [2.24, 2.45) is 5.92 Å². The summed E-state index contributed by atoms with van der Waals surface area (Å²) in [6.07, 6.45) is 0.118. The Morgan fingerprint density at radius 2 is 1.95 bits per heavy atom. The van der Waals surface area contributed by atoms with Crippen molar-refractivity contribution in [3.8, 4) is 0 Å². The number of alkyl carbamates (subject to hydrolysis) is 1. The third-order valence-corrected chi connectivity index (χ3v) is 3.15. The lowest BCUT2D eigenvalue weighted by atomic mass is 10.0. The Morgan fingerprint density at radius 1 is 1.35 bits per heavy atom. The molecular weight excluding hydrogens is 266 g/mol. The van der Waals surface area contributed by atoms with Gasteiger partial charge >= 0.3 is 12.1 Å². The van der Waals surface area contributed by atoms with Crippen molar-refractivity contribution in [2.75, 3.05) is 20.0 Å². The zero-order valence-corrected chi connectivity index (χ0v) is 12.2. The fourth-order valence-electron chi connectivity index (χ4n) is 1.95. The Labute approximate surface area is 118 Å². The summed E-state index contributed by atoms with van der Waals surface area (Å²) in [7, 11) is 0. The van der Waals surface area contributed by atoms with Crippen LogP contribution >= 0.6 is 0 Å². The molecule has 0 unspecified atom stereocenters. The van der Waals surface area contributed by atoms with E-state index in [-0.39, 0.29) is 25.9 Å². The maximum Gasteiger partial charge on any atom is 0.408 e. The molecule has 1 aliphatic rings. The molecule has 116 valence electrons. The molecule has 1 heterocycles. The number of carbonyl (C=O) groups excluding carboxylic acids is 1. The Balaban J connectivity index is 2.57. The minimum atomic E-state index is -1.07. The van der Waals surface area contributed by atoms with Crippen LogP contribution in [0.15, 0.2) is 0 Å². The first-order chi connectivity index (χ1) is 9.38. The number of carboxylic acid groups (broad SMARTS) is 1. The molecule has 2 N–H and O–H groups in total. The van der Waals surface area contributed by atoms with E-state index in [2.05, 4.69) is 5.32 Å². The summed E-state index contributed by atoms with van der Waals surface area (Å²) >= 11 is 0. The molecule has 1 aliphatic heterocycles. The Kier molecular flexibility index (Phi) is 6.22. The highest BCUT2D eigenvalue weighted by atomic mass is 16.7. The van der Waals surface area contributed by atoms with Gasteiger partial charge in [0, 0.05) is 0 Å². The van der Waals surface area contributed by atoms with Crippen molar-refractivity contribution in [1.82, 2.24) is 5.32 Å². The number of ether oxygens (including phenoxy) is 3. The van der Waals surface area contributed by atoms with Gasteiger partial charge in [0.25, 0.3) is 0 Å². The first-order valence-electron chi connectivity index (χ1n) is 6.76. The standard InChI is InChI=1S/C13H23NO6/c1-4-13(6-18-8-19-7-13)20-12(17)14-10(11(15)16)5-9(2)3/h9-10H,4-8H2,1-3H3,(H,14,17)(H,15,16)/t10-/m0/s1. The third kappa shape index (κ3) is 4.97. The summed E-state index contributed by atoms with van der Waals surface area (Å²) in [6.45, 7) is 6.31. The molecule has 0 aromatic heterocycles. The SMILES string of the molecule is CCC1(OC(=O)N[C@@H](CC(C)C)C(=O)O)COCOC1. The zero-order valence-electron chi connectivity index (χ0n) is 12.2. The molecule has 7 nitrogen and oxygen atoms in total. The number of carboxylic acids is 1. The van der Waals surface area contributed by atoms with Gasteiger partial charge in [0.15, 0.2) is 5.60 Å². The summed E-state index contributed by atoms with van der Waals surface area (Å²) in [4.78, 5) is 23.0. The maximum absolute atomic E-state index is 11.9. The van der Waals surface area contributed by atoms with Crippen LogP contribution in [0.2, 0.25) is 0 Å². The Hall–Kier alpha value is -1.34. The topological polar surface area (TPSA) is 94.1 Å². The van der Waals surface area contributed by atoms with Gasteiger partial charge in [-0.3, -0.25) is 0 Å². The molecule has 0 radical (unpaired) electrons. The highest BCUT2D eigenvalue weighted by Crippen LogP contribution is 2.21. The van der Waals surface area contributed by atoms with Crippen LogP contribution in [0.3, 0.4) is 0 Å². The van der Waals surface area contributed by atoms with E-state index in [4.69, 9.17) is 19.3 Å². The number of amides is 1. The van der Waals surface area contributed by atoms with Gasteiger partial charge in [0.2, 0.25) is 0 Å². The van der Waals surface area contributed by atoms with Crippen molar-refractivity contribution in [1.29, 1.82) is 0 Å². The van der Waals surface area contributed by atoms with E-state index in [1.54, 1.807) is 0 Å². The number of hydrogen-bond donors (Lipinski definition) is 2. The molecule has 0 aliphatic carbocycles. The van der Waals surface area contributed by atoms with Gasteiger partial charge in [-0.05, 0) is 18.8 Å². The number of hydrogen-bond acceptors (Lipinski definition) is 5. The van der Waals surface area contributed by atoms with E-state index < -0.39 is 23.7 Å². The summed E-state index contributed by atoms with van der Waals surface area (Å²) in [6, 6.07) is -0.957. The van der Waals surface area contributed by atoms with Crippen molar-refractivity contribution in [3.05, 3.63) is 0 Å². The van der Waals surface area contributed by atoms with Crippen LogP contribution in [0.25, 0.3) is 0 Å². The largest absolute Gasteiger partial charge is 0.480 e. The Morgan fingerprint density at radius 3 is 2.40 bits per heavy atom. The van der Waals surface area contributed by atoms with Crippen molar-refractivity contribution < 1.29 is 28.9 Å². The third-order valence-electron chi connectivity index (χ3n) is 3.15. The predicted molar refractivity (Wildman–Crippen MR) is 70.3 cm³/mol. The van der Waals surface area contributed by atoms with Gasteiger partial charge in [-0.2, -0.15) is 0 Å². The maximum atomic E-state index is 11.9. The fraction of sp³-hybridized carbons (Fsp3) is 0.846. The van der Waals surface area contributed by atoms with Crippen LogP contribution < -0.4 is 5.32 Å². The molecule has 1 atom stereocenters. The minimum Gasteiger partial charge on any atom is -0.480 e. The van der Waals surface area contributed by atoms with Gasteiger partial charge in [-0.15, -0.1) is 0 Å². The molecular formula is C13H23NO6. The predicted octanol–water partition coefficient (Wildman–Crippen LogP) is 1.36.